The molecule has 3 aromatic rings. The molecule has 29 heavy (non-hydrogen) atoms. The molecule has 3 nitrogen and oxygen atoms in total. The normalized spacial score (nSPS) is 11.7. The molecule has 0 aliphatic rings. The Labute approximate surface area is 166 Å². The van der Waals surface area contributed by atoms with Gasteiger partial charge in [-0.25, -0.2) is 8.78 Å². The zero-order chi connectivity index (χ0) is 21.2. The summed E-state index contributed by atoms with van der Waals surface area (Å²) in [6, 6.07) is 11.3. The number of aromatic amines is 1. The van der Waals surface area contributed by atoms with Gasteiger partial charge in [-0.1, -0.05) is 48.0 Å². The molecule has 1 N–H and O–H groups in total. The van der Waals surface area contributed by atoms with Gasteiger partial charge in [0.25, 0.3) is 12.0 Å². The second-order valence-corrected chi connectivity index (χ2v) is 6.45. The monoisotopic (exact) mass is 429 g/mol. The minimum Gasteiger partial charge on any atom is -0.483 e. The number of pyridine rings is 1. The summed E-state index contributed by atoms with van der Waals surface area (Å²) in [6.07, 6.45) is -7.00. The van der Waals surface area contributed by atoms with E-state index in [0.717, 1.165) is 18.3 Å². The van der Waals surface area contributed by atoms with E-state index in [-0.39, 0.29) is 17.7 Å². The van der Waals surface area contributed by atoms with Crippen molar-refractivity contribution in [2.75, 3.05) is 0 Å². The van der Waals surface area contributed by atoms with E-state index >= 15 is 0 Å². The Bertz CT molecular complexity index is 1060. The van der Waals surface area contributed by atoms with Crippen molar-refractivity contribution in [3.05, 3.63) is 86.8 Å². The molecule has 1 aromatic heterocycles. The van der Waals surface area contributed by atoms with Crippen molar-refractivity contribution in [3.63, 3.8) is 0 Å². The van der Waals surface area contributed by atoms with Gasteiger partial charge in [0.05, 0.1) is 16.1 Å². The molecule has 1 heterocycles. The summed E-state index contributed by atoms with van der Waals surface area (Å²) in [6.45, 7) is -0.165. The first-order chi connectivity index (χ1) is 13.7. The van der Waals surface area contributed by atoms with Crippen molar-refractivity contribution >= 4 is 11.6 Å². The number of alkyl halides is 5. The van der Waals surface area contributed by atoms with Crippen LogP contribution in [-0.2, 0) is 12.8 Å². The predicted octanol–water partition coefficient (Wildman–Crippen LogP) is 6.23. The third kappa shape index (κ3) is 4.59. The van der Waals surface area contributed by atoms with Crippen LogP contribution in [0.3, 0.4) is 0 Å². The molecular weight excluding hydrogens is 417 g/mol. The topological polar surface area (TPSA) is 42.1 Å². The highest BCUT2D eigenvalue weighted by Crippen LogP contribution is 2.40. The van der Waals surface area contributed by atoms with E-state index in [2.05, 4.69) is 4.98 Å². The fourth-order valence-electron chi connectivity index (χ4n) is 2.76. The predicted molar refractivity (Wildman–Crippen MR) is 98.2 cm³/mol. The molecular formula is C20H13ClF5NO2. The lowest BCUT2D eigenvalue weighted by molar-refractivity contribution is -0.137. The van der Waals surface area contributed by atoms with Crippen molar-refractivity contribution in [1.82, 2.24) is 4.98 Å². The molecule has 152 valence electrons. The Morgan fingerprint density at radius 1 is 1.07 bits per heavy atom. The van der Waals surface area contributed by atoms with Crippen LogP contribution in [0.15, 0.2) is 59.5 Å². The zero-order valence-electron chi connectivity index (χ0n) is 14.6. The number of hydrogen-bond donors (Lipinski definition) is 1. The average molecular weight is 430 g/mol. The summed E-state index contributed by atoms with van der Waals surface area (Å²) in [5, 5.41) is -0.565. The summed E-state index contributed by atoms with van der Waals surface area (Å²) in [5.74, 6) is -0.648. The van der Waals surface area contributed by atoms with Crippen LogP contribution in [-0.4, -0.2) is 4.98 Å². The highest BCUT2D eigenvalue weighted by molar-refractivity contribution is 6.31. The van der Waals surface area contributed by atoms with Crippen LogP contribution in [0.5, 0.6) is 5.75 Å². The molecule has 0 saturated heterocycles. The smallest absolute Gasteiger partial charge is 0.417 e. The van der Waals surface area contributed by atoms with Gasteiger partial charge < -0.3 is 9.72 Å². The first kappa shape index (κ1) is 20.9. The Morgan fingerprint density at radius 3 is 2.38 bits per heavy atom. The van der Waals surface area contributed by atoms with Crippen LogP contribution >= 0.6 is 11.6 Å². The summed E-state index contributed by atoms with van der Waals surface area (Å²) in [5.41, 5.74) is -2.72. The standard InChI is InChI=1S/C20H13ClF5NO2/c21-15-7-6-12(8-14(15)20(24,25)26)13-9-27-19(28)17(16(13)18(22)23)29-10-11-4-2-1-3-5-11/h1-9,18H,10H2,(H,27,28). The van der Waals surface area contributed by atoms with E-state index in [1.165, 1.54) is 0 Å². The van der Waals surface area contributed by atoms with Crippen molar-refractivity contribution in [3.8, 4) is 16.9 Å². The number of benzene rings is 2. The minimum absolute atomic E-state index is 0.165. The van der Waals surface area contributed by atoms with E-state index < -0.39 is 40.1 Å². The molecule has 0 atom stereocenters. The maximum atomic E-state index is 13.8. The van der Waals surface area contributed by atoms with Crippen molar-refractivity contribution in [2.45, 2.75) is 19.2 Å². The maximum absolute atomic E-state index is 13.8. The van der Waals surface area contributed by atoms with E-state index in [4.69, 9.17) is 16.3 Å². The quantitative estimate of drug-likeness (QED) is 0.488. The van der Waals surface area contributed by atoms with Crippen LogP contribution in [0.2, 0.25) is 5.02 Å². The third-order valence-electron chi connectivity index (χ3n) is 4.12. The van der Waals surface area contributed by atoms with Gasteiger partial charge in [0.2, 0.25) is 0 Å². The highest BCUT2D eigenvalue weighted by Gasteiger charge is 2.34. The van der Waals surface area contributed by atoms with E-state index in [9.17, 15) is 26.7 Å². The molecule has 2 aromatic carbocycles. The number of aromatic nitrogens is 1. The van der Waals surface area contributed by atoms with E-state index in [0.29, 0.717) is 11.6 Å². The van der Waals surface area contributed by atoms with Crippen LogP contribution in [0.4, 0.5) is 22.0 Å². The molecule has 0 fully saturated rings. The average Bonchev–Trinajstić information content (AvgIpc) is 2.67. The third-order valence-corrected chi connectivity index (χ3v) is 4.45. The van der Waals surface area contributed by atoms with Crippen molar-refractivity contribution in [2.24, 2.45) is 0 Å². The maximum Gasteiger partial charge on any atom is 0.417 e. The number of hydrogen-bond acceptors (Lipinski definition) is 2. The molecule has 0 bridgehead atoms. The largest absolute Gasteiger partial charge is 0.483 e. The minimum atomic E-state index is -4.77. The lowest BCUT2D eigenvalue weighted by Gasteiger charge is -2.16. The van der Waals surface area contributed by atoms with Gasteiger partial charge >= 0.3 is 6.18 Å². The number of H-pyrrole nitrogens is 1. The van der Waals surface area contributed by atoms with Crippen LogP contribution < -0.4 is 10.3 Å². The molecule has 3 rings (SSSR count). The Kier molecular flexibility index (Phi) is 5.93. The molecule has 0 radical (unpaired) electrons. The van der Waals surface area contributed by atoms with Gasteiger partial charge in [0.1, 0.15) is 6.61 Å². The molecule has 0 amide bonds. The summed E-state index contributed by atoms with van der Waals surface area (Å²) >= 11 is 5.59. The van der Waals surface area contributed by atoms with Gasteiger partial charge in [0, 0.05) is 11.8 Å². The van der Waals surface area contributed by atoms with Gasteiger partial charge in [-0.3, -0.25) is 4.79 Å². The molecule has 0 aliphatic carbocycles. The Balaban J connectivity index is 2.10. The lowest BCUT2D eigenvalue weighted by Crippen LogP contribution is -2.15. The highest BCUT2D eigenvalue weighted by atomic mass is 35.5. The van der Waals surface area contributed by atoms with E-state index in [1.807, 2.05) is 0 Å². The second-order valence-electron chi connectivity index (χ2n) is 6.04. The fourth-order valence-corrected chi connectivity index (χ4v) is 2.99. The fraction of sp³-hybridized carbons (Fsp3) is 0.150. The van der Waals surface area contributed by atoms with Crippen molar-refractivity contribution < 1.29 is 26.7 Å². The van der Waals surface area contributed by atoms with E-state index in [1.54, 1.807) is 30.3 Å². The number of rotatable bonds is 5. The molecule has 0 aliphatic heterocycles. The molecule has 0 unspecified atom stereocenters. The van der Waals surface area contributed by atoms with Gasteiger partial charge in [-0.2, -0.15) is 13.2 Å². The Hall–Kier alpha value is -2.87. The molecule has 0 saturated carbocycles. The first-order valence-corrected chi connectivity index (χ1v) is 8.64. The first-order valence-electron chi connectivity index (χ1n) is 8.26. The lowest BCUT2D eigenvalue weighted by atomic mass is 9.99. The van der Waals surface area contributed by atoms with Crippen molar-refractivity contribution in [1.29, 1.82) is 0 Å². The zero-order valence-corrected chi connectivity index (χ0v) is 15.3. The second kappa shape index (κ2) is 8.24. The number of halogens is 6. The molecule has 9 heteroatoms. The van der Waals surface area contributed by atoms with Gasteiger partial charge in [0.15, 0.2) is 5.75 Å². The van der Waals surface area contributed by atoms with Gasteiger partial charge in [-0.05, 0) is 23.3 Å². The molecule has 0 spiro atoms. The summed E-state index contributed by atoms with van der Waals surface area (Å²) < 4.78 is 72.4. The number of ether oxygens (including phenoxy) is 1. The summed E-state index contributed by atoms with van der Waals surface area (Å²) in [7, 11) is 0. The summed E-state index contributed by atoms with van der Waals surface area (Å²) in [4.78, 5) is 14.4. The number of nitrogens with one attached hydrogen (secondary N) is 1. The van der Waals surface area contributed by atoms with Crippen LogP contribution in [0, 0.1) is 0 Å². The van der Waals surface area contributed by atoms with Crippen LogP contribution in [0.1, 0.15) is 23.1 Å². The van der Waals surface area contributed by atoms with Gasteiger partial charge in [-0.15, -0.1) is 0 Å². The SMILES string of the molecule is O=c1[nH]cc(-c2ccc(Cl)c(C(F)(F)F)c2)c(C(F)F)c1OCc1ccccc1. The van der Waals surface area contributed by atoms with Crippen LogP contribution in [0.25, 0.3) is 11.1 Å². The Morgan fingerprint density at radius 2 is 1.76 bits per heavy atom.